The molecule has 0 radical (unpaired) electrons. The maximum absolute atomic E-state index is 12.1. The number of ether oxygens (including phenoxy) is 1. The van der Waals surface area contributed by atoms with Gasteiger partial charge in [0, 0.05) is 12.0 Å². The largest absolute Gasteiger partial charge is 0.497 e. The standard InChI is InChI=1S/C26H22Cl2N2O3.H2S/c1-16-4-3-5-17(12-16)22(26(31)32)14-19-15-25(18-6-11-23(27)24(28)13-18)30(29-19)20-7-9-21(33-2)10-8-20;/h3-13,15,22H,14H2,1-2H3,(H,31,32);1H2/t22-;/m0./s1. The summed E-state index contributed by atoms with van der Waals surface area (Å²) < 4.78 is 7.05. The van der Waals surface area contributed by atoms with E-state index in [0.717, 1.165) is 33.8 Å². The molecule has 1 heterocycles. The van der Waals surface area contributed by atoms with Gasteiger partial charge in [-0.25, -0.2) is 4.68 Å². The number of benzene rings is 3. The van der Waals surface area contributed by atoms with Crippen LogP contribution in [-0.2, 0) is 11.2 Å². The van der Waals surface area contributed by atoms with Gasteiger partial charge in [0.05, 0.1) is 40.1 Å². The zero-order valence-corrected chi connectivity index (χ0v) is 21.1. The Morgan fingerprint density at radius 3 is 2.38 bits per heavy atom. The third-order valence-corrected chi connectivity index (χ3v) is 6.19. The molecule has 176 valence electrons. The molecule has 0 aliphatic rings. The number of nitrogens with zero attached hydrogens (tertiary/aromatic N) is 2. The predicted molar refractivity (Wildman–Crippen MR) is 141 cm³/mol. The number of carboxylic acids is 1. The number of carbonyl (C=O) groups is 1. The van der Waals surface area contributed by atoms with Crippen molar-refractivity contribution in [3.05, 3.63) is 99.7 Å². The van der Waals surface area contributed by atoms with Crippen molar-refractivity contribution in [3.63, 3.8) is 0 Å². The summed E-state index contributed by atoms with van der Waals surface area (Å²) in [5, 5.41) is 15.6. The fourth-order valence-electron chi connectivity index (χ4n) is 3.75. The molecule has 0 saturated carbocycles. The second-order valence-electron chi connectivity index (χ2n) is 7.77. The van der Waals surface area contributed by atoms with Gasteiger partial charge in [0.15, 0.2) is 0 Å². The van der Waals surface area contributed by atoms with Gasteiger partial charge in [0.1, 0.15) is 5.75 Å². The molecule has 0 aliphatic heterocycles. The molecule has 0 fully saturated rings. The van der Waals surface area contributed by atoms with Crippen LogP contribution >= 0.6 is 36.7 Å². The zero-order chi connectivity index (χ0) is 23.5. The molecule has 0 saturated heterocycles. The second-order valence-corrected chi connectivity index (χ2v) is 8.58. The molecular weight excluding hydrogens is 491 g/mol. The van der Waals surface area contributed by atoms with Crippen molar-refractivity contribution in [1.29, 1.82) is 0 Å². The molecule has 1 atom stereocenters. The van der Waals surface area contributed by atoms with Crippen LogP contribution in [0.5, 0.6) is 5.75 Å². The maximum atomic E-state index is 12.1. The highest BCUT2D eigenvalue weighted by molar-refractivity contribution is 7.59. The summed E-state index contributed by atoms with van der Waals surface area (Å²) in [6, 6.07) is 22.3. The summed E-state index contributed by atoms with van der Waals surface area (Å²) >= 11 is 12.4. The Hall–Kier alpha value is -2.93. The fraction of sp³-hybridized carbons (Fsp3) is 0.154. The van der Waals surface area contributed by atoms with Crippen LogP contribution < -0.4 is 4.74 Å². The monoisotopic (exact) mass is 514 g/mol. The Morgan fingerprint density at radius 1 is 1.03 bits per heavy atom. The molecular formula is C26H24Cl2N2O3S. The molecule has 34 heavy (non-hydrogen) atoms. The molecule has 0 bridgehead atoms. The van der Waals surface area contributed by atoms with Crippen molar-refractivity contribution in [3.8, 4) is 22.7 Å². The van der Waals surface area contributed by atoms with Gasteiger partial charge in [-0.2, -0.15) is 18.6 Å². The zero-order valence-electron chi connectivity index (χ0n) is 18.6. The average molecular weight is 515 g/mol. The van der Waals surface area contributed by atoms with Crippen molar-refractivity contribution in [2.75, 3.05) is 7.11 Å². The normalized spacial score (nSPS) is 11.5. The van der Waals surface area contributed by atoms with Gasteiger partial charge in [-0.3, -0.25) is 4.79 Å². The van der Waals surface area contributed by atoms with Gasteiger partial charge >= 0.3 is 5.97 Å². The van der Waals surface area contributed by atoms with Crippen LogP contribution in [0.2, 0.25) is 10.0 Å². The summed E-state index contributed by atoms with van der Waals surface area (Å²) in [5.41, 5.74) is 4.83. The minimum Gasteiger partial charge on any atom is -0.497 e. The summed E-state index contributed by atoms with van der Waals surface area (Å²) in [6.07, 6.45) is 0.246. The Bertz CT molecular complexity index is 1310. The van der Waals surface area contributed by atoms with E-state index >= 15 is 0 Å². The Kier molecular flexibility index (Phi) is 8.31. The van der Waals surface area contributed by atoms with Gasteiger partial charge in [-0.05, 0) is 55.0 Å². The fourth-order valence-corrected chi connectivity index (χ4v) is 4.05. The highest BCUT2D eigenvalue weighted by Crippen LogP contribution is 2.32. The van der Waals surface area contributed by atoms with E-state index in [0.29, 0.717) is 15.7 Å². The van der Waals surface area contributed by atoms with Crippen LogP contribution in [-0.4, -0.2) is 28.0 Å². The van der Waals surface area contributed by atoms with Gasteiger partial charge < -0.3 is 9.84 Å². The first-order valence-corrected chi connectivity index (χ1v) is 11.1. The molecule has 0 aliphatic carbocycles. The minimum atomic E-state index is -0.893. The first-order chi connectivity index (χ1) is 15.9. The highest BCUT2D eigenvalue weighted by Gasteiger charge is 2.23. The summed E-state index contributed by atoms with van der Waals surface area (Å²) in [4.78, 5) is 12.1. The van der Waals surface area contributed by atoms with Crippen LogP contribution in [0.4, 0.5) is 0 Å². The van der Waals surface area contributed by atoms with E-state index in [-0.39, 0.29) is 19.9 Å². The van der Waals surface area contributed by atoms with E-state index in [1.807, 2.05) is 67.6 Å². The second kappa shape index (κ2) is 11.0. The molecule has 1 N–H and O–H groups in total. The van der Waals surface area contributed by atoms with Crippen LogP contribution in [0.1, 0.15) is 22.7 Å². The third-order valence-electron chi connectivity index (χ3n) is 5.45. The van der Waals surface area contributed by atoms with Gasteiger partial charge in [0.25, 0.3) is 0 Å². The van der Waals surface area contributed by atoms with E-state index in [2.05, 4.69) is 0 Å². The van der Waals surface area contributed by atoms with E-state index in [9.17, 15) is 9.90 Å². The van der Waals surface area contributed by atoms with Crippen molar-refractivity contribution in [2.45, 2.75) is 19.3 Å². The lowest BCUT2D eigenvalue weighted by Gasteiger charge is -2.12. The van der Waals surface area contributed by atoms with Crippen molar-refractivity contribution in [2.24, 2.45) is 0 Å². The Labute approximate surface area is 215 Å². The molecule has 4 aromatic rings. The molecule has 0 spiro atoms. The topological polar surface area (TPSA) is 64.4 Å². The number of halogens is 2. The quantitative estimate of drug-likeness (QED) is 0.298. The predicted octanol–water partition coefficient (Wildman–Crippen LogP) is 6.69. The molecule has 1 aromatic heterocycles. The van der Waals surface area contributed by atoms with E-state index in [1.54, 1.807) is 23.9 Å². The lowest BCUT2D eigenvalue weighted by Crippen LogP contribution is -2.15. The molecule has 0 unspecified atom stereocenters. The number of aromatic nitrogens is 2. The molecule has 3 aromatic carbocycles. The average Bonchev–Trinajstić information content (AvgIpc) is 3.23. The molecule has 5 nitrogen and oxygen atoms in total. The van der Waals surface area contributed by atoms with Crippen LogP contribution in [0, 0.1) is 6.92 Å². The summed E-state index contributed by atoms with van der Waals surface area (Å²) in [6.45, 7) is 1.95. The number of hydrogen-bond donors (Lipinski definition) is 1. The summed E-state index contributed by atoms with van der Waals surface area (Å²) in [5.74, 6) is -0.880. The van der Waals surface area contributed by atoms with E-state index in [4.69, 9.17) is 33.0 Å². The number of carboxylic acid groups (broad SMARTS) is 1. The van der Waals surface area contributed by atoms with Crippen LogP contribution in [0.25, 0.3) is 16.9 Å². The van der Waals surface area contributed by atoms with Gasteiger partial charge in [-0.1, -0.05) is 59.1 Å². The number of hydrogen-bond acceptors (Lipinski definition) is 3. The first kappa shape index (κ1) is 25.7. The number of aliphatic carboxylic acids is 1. The van der Waals surface area contributed by atoms with E-state index < -0.39 is 11.9 Å². The van der Waals surface area contributed by atoms with E-state index in [1.165, 1.54) is 0 Å². The van der Waals surface area contributed by atoms with Crippen LogP contribution in [0.15, 0.2) is 72.8 Å². The number of methoxy groups -OCH3 is 1. The Morgan fingerprint density at radius 2 is 1.76 bits per heavy atom. The Balaban J connectivity index is 0.00000324. The minimum absolute atomic E-state index is 0. The lowest BCUT2D eigenvalue weighted by atomic mass is 9.93. The number of rotatable bonds is 7. The SMILES string of the molecule is COc1ccc(-n2nc(C[C@H](C(=O)O)c3cccc(C)c3)cc2-c2ccc(Cl)c(Cl)c2)cc1.S. The lowest BCUT2D eigenvalue weighted by molar-refractivity contribution is -0.138. The molecule has 4 rings (SSSR count). The summed E-state index contributed by atoms with van der Waals surface area (Å²) in [7, 11) is 1.61. The number of aryl methyl sites for hydroxylation is 1. The van der Waals surface area contributed by atoms with Crippen molar-refractivity contribution in [1.82, 2.24) is 9.78 Å². The van der Waals surface area contributed by atoms with Crippen molar-refractivity contribution < 1.29 is 14.6 Å². The van der Waals surface area contributed by atoms with Crippen LogP contribution in [0.3, 0.4) is 0 Å². The van der Waals surface area contributed by atoms with Gasteiger partial charge in [0.2, 0.25) is 0 Å². The molecule has 8 heteroatoms. The maximum Gasteiger partial charge on any atom is 0.311 e. The molecule has 0 amide bonds. The van der Waals surface area contributed by atoms with Crippen molar-refractivity contribution >= 4 is 42.7 Å². The van der Waals surface area contributed by atoms with Gasteiger partial charge in [-0.15, -0.1) is 0 Å². The third kappa shape index (κ3) is 5.58. The first-order valence-electron chi connectivity index (χ1n) is 10.3. The smallest absolute Gasteiger partial charge is 0.311 e. The highest BCUT2D eigenvalue weighted by atomic mass is 35.5.